The smallest absolute Gasteiger partial charge is 0.329 e. The first kappa shape index (κ1) is 16.1. The Morgan fingerprint density at radius 2 is 1.62 bits per heavy atom. The molecule has 3 rings (SSSR count). The van der Waals surface area contributed by atoms with Gasteiger partial charge in [-0.1, -0.05) is 38.1 Å². The van der Waals surface area contributed by atoms with Gasteiger partial charge in [0.15, 0.2) is 0 Å². The minimum Gasteiger partial charge on any atom is -0.467 e. The molecule has 0 bridgehead atoms. The second kappa shape index (κ2) is 6.40. The molecule has 1 atom stereocenters. The number of carbonyl (C=O) groups is 1. The standard InChI is InChI=1S/C20H22N2O2/c1-13(2)19(20(23)24-3)22-11-16-5-4-15(10-17(16)12-22)14-6-8-18(21)9-7-14/h4-13,19H,21H2,1-3H3. The fourth-order valence-electron chi connectivity index (χ4n) is 3.04. The first-order valence-corrected chi connectivity index (χ1v) is 8.04. The quantitative estimate of drug-likeness (QED) is 0.577. The lowest BCUT2D eigenvalue weighted by Gasteiger charge is -2.19. The van der Waals surface area contributed by atoms with Gasteiger partial charge in [-0.25, -0.2) is 4.79 Å². The number of fused-ring (bicyclic) bond motifs is 1. The molecule has 1 aromatic heterocycles. The SMILES string of the molecule is COC(=O)C(C(C)C)n1cc2ccc(-c3ccc(N)cc3)cc2c1. The van der Waals surface area contributed by atoms with Gasteiger partial charge < -0.3 is 15.0 Å². The van der Waals surface area contributed by atoms with Crippen molar-refractivity contribution < 1.29 is 9.53 Å². The van der Waals surface area contributed by atoms with Gasteiger partial charge in [0.05, 0.1) is 7.11 Å². The lowest BCUT2D eigenvalue weighted by atomic mass is 10.0. The van der Waals surface area contributed by atoms with E-state index in [4.69, 9.17) is 10.5 Å². The number of esters is 1. The number of benzene rings is 2. The van der Waals surface area contributed by atoms with Gasteiger partial charge in [0.1, 0.15) is 6.04 Å². The molecule has 0 fully saturated rings. The van der Waals surface area contributed by atoms with Crippen LogP contribution < -0.4 is 5.73 Å². The first-order chi connectivity index (χ1) is 11.5. The van der Waals surface area contributed by atoms with Crippen molar-refractivity contribution in [2.45, 2.75) is 19.9 Å². The van der Waals surface area contributed by atoms with Crippen LogP contribution in [0.15, 0.2) is 54.9 Å². The normalized spacial score (nSPS) is 12.5. The number of nitrogens with two attached hydrogens (primary N) is 1. The van der Waals surface area contributed by atoms with E-state index in [9.17, 15) is 4.79 Å². The highest BCUT2D eigenvalue weighted by Gasteiger charge is 2.24. The molecule has 0 saturated carbocycles. The van der Waals surface area contributed by atoms with Crippen molar-refractivity contribution in [3.8, 4) is 11.1 Å². The number of hydrogen-bond donors (Lipinski definition) is 1. The molecule has 0 aliphatic carbocycles. The predicted octanol–water partition coefficient (Wildman–Crippen LogP) is 4.26. The Balaban J connectivity index is 2.02. The number of carbonyl (C=O) groups excluding carboxylic acids is 1. The summed E-state index contributed by atoms with van der Waals surface area (Å²) in [6.45, 7) is 4.04. The van der Waals surface area contributed by atoms with Crippen molar-refractivity contribution in [1.29, 1.82) is 0 Å². The maximum atomic E-state index is 12.1. The average Bonchev–Trinajstić information content (AvgIpc) is 2.97. The van der Waals surface area contributed by atoms with Crippen LogP contribution in [0.1, 0.15) is 19.9 Å². The number of nitrogens with zero attached hydrogens (tertiary/aromatic N) is 1. The zero-order chi connectivity index (χ0) is 17.3. The minimum atomic E-state index is -0.317. The predicted molar refractivity (Wildman–Crippen MR) is 97.7 cm³/mol. The van der Waals surface area contributed by atoms with Crippen LogP contribution in [0.2, 0.25) is 0 Å². The largest absolute Gasteiger partial charge is 0.467 e. The summed E-state index contributed by atoms with van der Waals surface area (Å²) < 4.78 is 6.91. The number of rotatable bonds is 4. The molecule has 0 aliphatic heterocycles. The highest BCUT2D eigenvalue weighted by Crippen LogP contribution is 2.28. The van der Waals surface area contributed by atoms with Crippen molar-refractivity contribution in [2.24, 2.45) is 5.92 Å². The van der Waals surface area contributed by atoms with Crippen LogP contribution in [0.3, 0.4) is 0 Å². The summed E-state index contributed by atoms with van der Waals surface area (Å²) >= 11 is 0. The summed E-state index contributed by atoms with van der Waals surface area (Å²) in [6.07, 6.45) is 4.02. The fraction of sp³-hybridized carbons (Fsp3) is 0.250. The van der Waals surface area contributed by atoms with Gasteiger partial charge in [-0.2, -0.15) is 0 Å². The molecule has 0 saturated heterocycles. The van der Waals surface area contributed by atoms with Crippen molar-refractivity contribution in [3.63, 3.8) is 0 Å². The van der Waals surface area contributed by atoms with E-state index in [1.54, 1.807) is 0 Å². The summed E-state index contributed by atoms with van der Waals surface area (Å²) in [7, 11) is 1.43. The molecule has 0 amide bonds. The van der Waals surface area contributed by atoms with Gasteiger partial charge in [0.2, 0.25) is 0 Å². The average molecular weight is 322 g/mol. The van der Waals surface area contributed by atoms with Crippen LogP contribution in [0, 0.1) is 5.92 Å². The number of anilines is 1. The van der Waals surface area contributed by atoms with Gasteiger partial charge in [-0.05, 0) is 46.0 Å². The Morgan fingerprint density at radius 3 is 2.25 bits per heavy atom. The second-order valence-electron chi connectivity index (χ2n) is 6.38. The van der Waals surface area contributed by atoms with E-state index in [0.717, 1.165) is 27.6 Å². The summed E-state index contributed by atoms with van der Waals surface area (Å²) in [6, 6.07) is 13.8. The third-order valence-electron chi connectivity index (χ3n) is 4.30. The third kappa shape index (κ3) is 3.00. The maximum Gasteiger partial charge on any atom is 0.329 e. The molecule has 0 spiro atoms. The zero-order valence-corrected chi connectivity index (χ0v) is 14.2. The van der Waals surface area contributed by atoms with Crippen LogP contribution in [0.4, 0.5) is 5.69 Å². The molecule has 0 radical (unpaired) electrons. The Labute approximate surface area is 141 Å². The number of aromatic nitrogens is 1. The van der Waals surface area contributed by atoms with Crippen LogP contribution in [0.25, 0.3) is 21.9 Å². The summed E-state index contributed by atoms with van der Waals surface area (Å²) in [4.78, 5) is 12.1. The van der Waals surface area contributed by atoms with Crippen molar-refractivity contribution in [1.82, 2.24) is 4.57 Å². The minimum absolute atomic E-state index is 0.149. The Bertz CT molecular complexity index is 863. The Hall–Kier alpha value is -2.75. The monoisotopic (exact) mass is 322 g/mol. The van der Waals surface area contributed by atoms with Gasteiger partial charge in [0, 0.05) is 18.1 Å². The molecule has 1 heterocycles. The molecule has 24 heavy (non-hydrogen) atoms. The first-order valence-electron chi connectivity index (χ1n) is 8.04. The van der Waals surface area contributed by atoms with Crippen LogP contribution in [-0.2, 0) is 9.53 Å². The summed E-state index contributed by atoms with van der Waals surface area (Å²) in [5, 5.41) is 2.20. The number of methoxy groups -OCH3 is 1. The Morgan fingerprint density at radius 1 is 1.00 bits per heavy atom. The van der Waals surface area contributed by atoms with Gasteiger partial charge in [0.25, 0.3) is 0 Å². The molecular weight excluding hydrogens is 300 g/mol. The number of ether oxygens (including phenoxy) is 1. The summed E-state index contributed by atoms with van der Waals surface area (Å²) in [5.41, 5.74) is 8.75. The van der Waals surface area contributed by atoms with E-state index in [1.807, 2.05) is 55.1 Å². The Kier molecular flexibility index (Phi) is 4.30. The van der Waals surface area contributed by atoms with Crippen LogP contribution >= 0.6 is 0 Å². The van der Waals surface area contributed by atoms with E-state index < -0.39 is 0 Å². The lowest BCUT2D eigenvalue weighted by Crippen LogP contribution is -2.24. The molecule has 1 unspecified atom stereocenters. The molecule has 0 aliphatic rings. The van der Waals surface area contributed by atoms with Crippen LogP contribution in [0.5, 0.6) is 0 Å². The van der Waals surface area contributed by atoms with E-state index >= 15 is 0 Å². The summed E-state index contributed by atoms with van der Waals surface area (Å²) in [5.74, 6) is -0.0695. The molecule has 124 valence electrons. The highest BCUT2D eigenvalue weighted by atomic mass is 16.5. The molecular formula is C20H22N2O2. The van der Waals surface area contributed by atoms with Gasteiger partial charge >= 0.3 is 5.97 Å². The van der Waals surface area contributed by atoms with E-state index in [1.165, 1.54) is 7.11 Å². The van der Waals surface area contributed by atoms with Gasteiger partial charge in [-0.15, -0.1) is 0 Å². The van der Waals surface area contributed by atoms with E-state index in [0.29, 0.717) is 0 Å². The molecule has 4 heteroatoms. The molecule has 3 aromatic rings. The van der Waals surface area contributed by atoms with Crippen molar-refractivity contribution in [3.05, 3.63) is 54.9 Å². The van der Waals surface area contributed by atoms with E-state index in [2.05, 4.69) is 18.2 Å². The van der Waals surface area contributed by atoms with Gasteiger partial charge in [-0.3, -0.25) is 0 Å². The lowest BCUT2D eigenvalue weighted by molar-refractivity contribution is -0.146. The second-order valence-corrected chi connectivity index (χ2v) is 6.38. The maximum absolute atomic E-state index is 12.1. The highest BCUT2D eigenvalue weighted by molar-refractivity contribution is 5.88. The zero-order valence-electron chi connectivity index (χ0n) is 14.2. The third-order valence-corrected chi connectivity index (χ3v) is 4.30. The molecule has 2 N–H and O–H groups in total. The fourth-order valence-corrected chi connectivity index (χ4v) is 3.04. The van der Waals surface area contributed by atoms with Crippen LogP contribution in [-0.4, -0.2) is 17.6 Å². The van der Waals surface area contributed by atoms with Crippen molar-refractivity contribution >= 4 is 22.4 Å². The molecule has 4 nitrogen and oxygen atoms in total. The topological polar surface area (TPSA) is 57.2 Å². The molecule has 2 aromatic carbocycles. The number of nitrogen functional groups attached to an aromatic ring is 1. The number of hydrogen-bond acceptors (Lipinski definition) is 3. The van der Waals surface area contributed by atoms with Crippen molar-refractivity contribution in [2.75, 3.05) is 12.8 Å². The van der Waals surface area contributed by atoms with E-state index in [-0.39, 0.29) is 17.9 Å².